The minimum absolute atomic E-state index is 0.238. The summed E-state index contributed by atoms with van der Waals surface area (Å²) in [6, 6.07) is 4.96. The third-order valence-electron chi connectivity index (χ3n) is 2.72. The van der Waals surface area contributed by atoms with Crippen LogP contribution in [0.1, 0.15) is 23.0 Å². The molecule has 0 aliphatic heterocycles. The van der Waals surface area contributed by atoms with Crippen LogP contribution in [0.25, 0.3) is 0 Å². The number of nitrogens with zero attached hydrogens (tertiary/aromatic N) is 2. The molecule has 1 heterocycles. The van der Waals surface area contributed by atoms with Crippen LogP contribution >= 0.6 is 11.6 Å². The number of nitrogens with one attached hydrogen (secondary N) is 1. The van der Waals surface area contributed by atoms with E-state index < -0.39 is 0 Å². The van der Waals surface area contributed by atoms with Crippen LogP contribution in [0.3, 0.4) is 0 Å². The lowest BCUT2D eigenvalue weighted by atomic mass is 10.2. The second-order valence-corrected chi connectivity index (χ2v) is 4.62. The third kappa shape index (κ3) is 2.88. The van der Waals surface area contributed by atoms with Crippen molar-refractivity contribution in [3.63, 3.8) is 0 Å². The van der Waals surface area contributed by atoms with Gasteiger partial charge in [-0.3, -0.25) is 9.48 Å². The molecule has 0 aliphatic carbocycles. The second kappa shape index (κ2) is 5.32. The van der Waals surface area contributed by atoms with Gasteiger partial charge in [0.2, 0.25) is 0 Å². The van der Waals surface area contributed by atoms with E-state index in [4.69, 9.17) is 17.3 Å². The lowest BCUT2D eigenvalue weighted by Crippen LogP contribution is -2.13. The number of carbonyl (C=O) groups excluding carboxylic acids is 1. The number of aryl methyl sites for hydroxylation is 2. The average Bonchev–Trinajstić information content (AvgIpc) is 2.75. The summed E-state index contributed by atoms with van der Waals surface area (Å²) in [4.78, 5) is 12.2. The number of hydrogen-bond acceptors (Lipinski definition) is 3. The summed E-state index contributed by atoms with van der Waals surface area (Å²) in [5, 5.41) is 7.43. The maximum absolute atomic E-state index is 12.2. The SMILES string of the molecule is CCc1nn(C)cc1C(=O)Nc1cc(N)ccc1Cl. The highest BCUT2D eigenvalue weighted by molar-refractivity contribution is 6.34. The van der Waals surface area contributed by atoms with E-state index in [1.807, 2.05) is 6.92 Å². The van der Waals surface area contributed by atoms with Crippen molar-refractivity contribution in [1.82, 2.24) is 9.78 Å². The number of amides is 1. The molecule has 6 heteroatoms. The third-order valence-corrected chi connectivity index (χ3v) is 3.05. The topological polar surface area (TPSA) is 72.9 Å². The van der Waals surface area contributed by atoms with Gasteiger partial charge in [0.25, 0.3) is 5.91 Å². The number of anilines is 2. The first kappa shape index (κ1) is 13.4. The molecule has 3 N–H and O–H groups in total. The van der Waals surface area contributed by atoms with Gasteiger partial charge in [0.15, 0.2) is 0 Å². The number of hydrogen-bond donors (Lipinski definition) is 2. The second-order valence-electron chi connectivity index (χ2n) is 4.21. The molecule has 0 saturated heterocycles. The van der Waals surface area contributed by atoms with Crippen molar-refractivity contribution in [2.24, 2.45) is 7.05 Å². The molecule has 0 saturated carbocycles. The molecule has 19 heavy (non-hydrogen) atoms. The monoisotopic (exact) mass is 278 g/mol. The molecule has 0 unspecified atom stereocenters. The molecule has 0 aliphatic rings. The Morgan fingerprint density at radius 1 is 1.53 bits per heavy atom. The predicted octanol–water partition coefficient (Wildman–Crippen LogP) is 2.47. The maximum Gasteiger partial charge on any atom is 0.259 e. The molecule has 1 aromatic heterocycles. The zero-order chi connectivity index (χ0) is 14.0. The van der Waals surface area contributed by atoms with Crippen molar-refractivity contribution in [3.8, 4) is 0 Å². The highest BCUT2D eigenvalue weighted by Gasteiger charge is 2.15. The number of benzene rings is 1. The highest BCUT2D eigenvalue weighted by atomic mass is 35.5. The molecule has 100 valence electrons. The minimum atomic E-state index is -0.238. The number of carbonyl (C=O) groups is 1. The molecule has 1 amide bonds. The van der Waals surface area contributed by atoms with Crippen LogP contribution in [-0.2, 0) is 13.5 Å². The summed E-state index contributed by atoms with van der Waals surface area (Å²) in [5.74, 6) is -0.238. The van der Waals surface area contributed by atoms with Gasteiger partial charge in [-0.2, -0.15) is 5.10 Å². The first-order chi connectivity index (χ1) is 9.01. The van der Waals surface area contributed by atoms with Crippen LogP contribution < -0.4 is 11.1 Å². The van der Waals surface area contributed by atoms with Crippen LogP contribution in [-0.4, -0.2) is 15.7 Å². The smallest absolute Gasteiger partial charge is 0.259 e. The molecule has 0 spiro atoms. The normalized spacial score (nSPS) is 10.5. The summed E-state index contributed by atoms with van der Waals surface area (Å²) in [7, 11) is 1.78. The van der Waals surface area contributed by atoms with E-state index in [1.54, 1.807) is 36.1 Å². The molecule has 1 aromatic carbocycles. The summed E-state index contributed by atoms with van der Waals surface area (Å²) in [5.41, 5.74) is 8.01. The largest absolute Gasteiger partial charge is 0.399 e. The molecule has 0 radical (unpaired) electrons. The van der Waals surface area contributed by atoms with Crippen molar-refractivity contribution >= 4 is 28.9 Å². The van der Waals surface area contributed by atoms with Crippen LogP contribution in [0.2, 0.25) is 5.02 Å². The van der Waals surface area contributed by atoms with Gasteiger partial charge < -0.3 is 11.1 Å². The summed E-state index contributed by atoms with van der Waals surface area (Å²) in [6.07, 6.45) is 2.38. The van der Waals surface area contributed by atoms with Crippen molar-refractivity contribution in [1.29, 1.82) is 0 Å². The van der Waals surface area contributed by atoms with Gasteiger partial charge >= 0.3 is 0 Å². The Hall–Kier alpha value is -2.01. The molecular weight excluding hydrogens is 264 g/mol. The van der Waals surface area contributed by atoms with Crippen molar-refractivity contribution in [2.75, 3.05) is 11.1 Å². The van der Waals surface area contributed by atoms with Gasteiger partial charge in [0.05, 0.1) is 22.0 Å². The molecule has 2 rings (SSSR count). The van der Waals surface area contributed by atoms with Crippen LogP contribution in [0.15, 0.2) is 24.4 Å². The zero-order valence-corrected chi connectivity index (χ0v) is 11.5. The fourth-order valence-electron chi connectivity index (χ4n) is 1.81. The maximum atomic E-state index is 12.2. The van der Waals surface area contributed by atoms with E-state index in [0.29, 0.717) is 28.4 Å². The van der Waals surface area contributed by atoms with Gasteiger partial charge in [-0.15, -0.1) is 0 Å². The standard InChI is InChI=1S/C13H15ClN4O/c1-3-11-9(7-18(2)17-11)13(19)16-12-6-8(15)4-5-10(12)14/h4-7H,3,15H2,1-2H3,(H,16,19). The van der Waals surface area contributed by atoms with Crippen molar-refractivity contribution in [2.45, 2.75) is 13.3 Å². The number of nitrogens with two attached hydrogens (primary N) is 1. The molecule has 0 atom stereocenters. The Balaban J connectivity index is 2.27. The minimum Gasteiger partial charge on any atom is -0.399 e. The molecule has 5 nitrogen and oxygen atoms in total. The summed E-state index contributed by atoms with van der Waals surface area (Å²) >= 11 is 6.02. The number of nitrogen functional groups attached to an aromatic ring is 1. The van der Waals surface area contributed by atoms with Crippen LogP contribution in [0.4, 0.5) is 11.4 Å². The van der Waals surface area contributed by atoms with E-state index in [2.05, 4.69) is 10.4 Å². The fraction of sp³-hybridized carbons (Fsp3) is 0.231. The van der Waals surface area contributed by atoms with E-state index in [0.717, 1.165) is 5.69 Å². The number of halogens is 1. The van der Waals surface area contributed by atoms with Crippen molar-refractivity contribution in [3.05, 3.63) is 40.7 Å². The summed E-state index contributed by atoms with van der Waals surface area (Å²) < 4.78 is 1.62. The highest BCUT2D eigenvalue weighted by Crippen LogP contribution is 2.24. The number of rotatable bonds is 3. The van der Waals surface area contributed by atoms with Gasteiger partial charge in [0, 0.05) is 18.9 Å². The lowest BCUT2D eigenvalue weighted by molar-refractivity contribution is 0.102. The lowest BCUT2D eigenvalue weighted by Gasteiger charge is -2.07. The zero-order valence-electron chi connectivity index (χ0n) is 10.8. The van der Waals surface area contributed by atoms with E-state index in [1.165, 1.54) is 0 Å². The Labute approximate surface area is 116 Å². The Kier molecular flexibility index (Phi) is 3.76. The first-order valence-electron chi connectivity index (χ1n) is 5.90. The Morgan fingerprint density at radius 3 is 2.95 bits per heavy atom. The molecule has 2 aromatic rings. The van der Waals surface area contributed by atoms with E-state index in [-0.39, 0.29) is 5.91 Å². The van der Waals surface area contributed by atoms with Crippen molar-refractivity contribution < 1.29 is 4.79 Å². The quantitative estimate of drug-likeness (QED) is 0.847. The Bertz CT molecular complexity index is 621. The first-order valence-corrected chi connectivity index (χ1v) is 6.28. The Morgan fingerprint density at radius 2 is 2.26 bits per heavy atom. The fourth-order valence-corrected chi connectivity index (χ4v) is 1.98. The molecular formula is C13H15ClN4O. The molecule has 0 fully saturated rings. The van der Waals surface area contributed by atoms with E-state index in [9.17, 15) is 4.79 Å². The van der Waals surface area contributed by atoms with Crippen LogP contribution in [0, 0.1) is 0 Å². The summed E-state index contributed by atoms with van der Waals surface area (Å²) in [6.45, 7) is 1.95. The van der Waals surface area contributed by atoms with Gasteiger partial charge in [-0.1, -0.05) is 18.5 Å². The van der Waals surface area contributed by atoms with Gasteiger partial charge in [-0.05, 0) is 24.6 Å². The van der Waals surface area contributed by atoms with E-state index >= 15 is 0 Å². The van der Waals surface area contributed by atoms with Crippen LogP contribution in [0.5, 0.6) is 0 Å². The van der Waals surface area contributed by atoms with Gasteiger partial charge in [-0.25, -0.2) is 0 Å². The predicted molar refractivity (Wildman–Crippen MR) is 76.4 cm³/mol. The van der Waals surface area contributed by atoms with Gasteiger partial charge in [0.1, 0.15) is 0 Å². The molecule has 0 bridgehead atoms. The number of aromatic nitrogens is 2. The average molecular weight is 279 g/mol.